The van der Waals surface area contributed by atoms with Crippen molar-refractivity contribution in [2.75, 3.05) is 13.2 Å². The molecule has 4 nitrogen and oxygen atoms in total. The first-order valence-electron chi connectivity index (χ1n) is 6.14. The van der Waals surface area contributed by atoms with Crippen molar-refractivity contribution in [2.24, 2.45) is 5.41 Å². The van der Waals surface area contributed by atoms with E-state index in [-0.39, 0.29) is 0 Å². The fraction of sp³-hybridized carbons (Fsp3) is 0.500. The summed E-state index contributed by atoms with van der Waals surface area (Å²) in [5.41, 5.74) is 0.785. The van der Waals surface area contributed by atoms with E-state index in [4.69, 9.17) is 21.1 Å². The highest BCUT2D eigenvalue weighted by Crippen LogP contribution is 2.41. The van der Waals surface area contributed by atoms with Crippen molar-refractivity contribution in [3.05, 3.63) is 22.2 Å². The Morgan fingerprint density at radius 2 is 2.05 bits per heavy atom. The van der Waals surface area contributed by atoms with Crippen molar-refractivity contribution in [2.45, 2.75) is 27.2 Å². The minimum absolute atomic E-state index is 0.351. The quantitative estimate of drug-likeness (QED) is 0.927. The number of ether oxygens (including phenoxy) is 2. The normalized spacial score (nSPS) is 14.3. The largest absolute Gasteiger partial charge is 0.486 e. The van der Waals surface area contributed by atoms with Gasteiger partial charge in [-0.15, -0.1) is 0 Å². The van der Waals surface area contributed by atoms with Crippen LogP contribution in [0.25, 0.3) is 0 Å². The van der Waals surface area contributed by atoms with Gasteiger partial charge in [-0.25, -0.2) is 0 Å². The van der Waals surface area contributed by atoms with Crippen LogP contribution in [-0.4, -0.2) is 24.3 Å². The molecule has 104 valence electrons. The monoisotopic (exact) mass is 284 g/mol. The number of fused-ring (bicyclic) bond motifs is 1. The predicted molar refractivity (Wildman–Crippen MR) is 72.3 cm³/mol. The maximum absolute atomic E-state index is 11.2. The van der Waals surface area contributed by atoms with E-state index in [1.807, 2.05) is 6.92 Å². The van der Waals surface area contributed by atoms with E-state index in [9.17, 15) is 9.90 Å². The lowest BCUT2D eigenvalue weighted by Crippen LogP contribution is -2.27. The van der Waals surface area contributed by atoms with Crippen LogP contribution < -0.4 is 9.47 Å². The zero-order valence-electron chi connectivity index (χ0n) is 11.2. The molecule has 1 aromatic carbocycles. The summed E-state index contributed by atoms with van der Waals surface area (Å²) < 4.78 is 11.1. The first-order valence-corrected chi connectivity index (χ1v) is 6.51. The van der Waals surface area contributed by atoms with Gasteiger partial charge in [0.15, 0.2) is 11.5 Å². The molecule has 5 heteroatoms. The molecule has 2 rings (SSSR count). The van der Waals surface area contributed by atoms with Crippen molar-refractivity contribution < 1.29 is 19.4 Å². The first-order chi connectivity index (χ1) is 8.83. The SMILES string of the molecule is Cc1c(CC(C)(C)C(=O)O)c(Cl)cc2c1OCCO2. The topological polar surface area (TPSA) is 55.8 Å². The molecule has 0 aliphatic carbocycles. The number of benzene rings is 1. The number of rotatable bonds is 3. The zero-order chi connectivity index (χ0) is 14.2. The van der Waals surface area contributed by atoms with Gasteiger partial charge in [0, 0.05) is 11.1 Å². The van der Waals surface area contributed by atoms with Gasteiger partial charge in [0.1, 0.15) is 13.2 Å². The Labute approximate surface area is 117 Å². The Kier molecular flexibility index (Phi) is 3.63. The number of aliphatic carboxylic acids is 1. The van der Waals surface area contributed by atoms with Gasteiger partial charge < -0.3 is 14.6 Å². The highest BCUT2D eigenvalue weighted by Gasteiger charge is 2.30. The fourth-order valence-electron chi connectivity index (χ4n) is 2.09. The molecule has 0 atom stereocenters. The smallest absolute Gasteiger partial charge is 0.309 e. The summed E-state index contributed by atoms with van der Waals surface area (Å²) in [5, 5.41) is 9.75. The van der Waals surface area contributed by atoms with Crippen LogP contribution in [0.2, 0.25) is 5.02 Å². The summed E-state index contributed by atoms with van der Waals surface area (Å²) in [7, 11) is 0. The van der Waals surface area contributed by atoms with Crippen molar-refractivity contribution in [1.82, 2.24) is 0 Å². The van der Waals surface area contributed by atoms with Crippen LogP contribution in [0.5, 0.6) is 11.5 Å². The minimum Gasteiger partial charge on any atom is -0.486 e. The summed E-state index contributed by atoms with van der Waals surface area (Å²) in [5.74, 6) is 0.454. The third-order valence-corrected chi connectivity index (χ3v) is 3.69. The van der Waals surface area contributed by atoms with E-state index in [2.05, 4.69) is 0 Å². The van der Waals surface area contributed by atoms with Gasteiger partial charge in [0.2, 0.25) is 0 Å². The molecule has 0 saturated heterocycles. The Hall–Kier alpha value is -1.42. The van der Waals surface area contributed by atoms with E-state index >= 15 is 0 Å². The van der Waals surface area contributed by atoms with Crippen molar-refractivity contribution in [3.8, 4) is 11.5 Å². The fourth-order valence-corrected chi connectivity index (χ4v) is 2.39. The summed E-state index contributed by atoms with van der Waals surface area (Å²) >= 11 is 6.25. The van der Waals surface area contributed by atoms with Crippen molar-refractivity contribution in [1.29, 1.82) is 0 Å². The third-order valence-electron chi connectivity index (χ3n) is 3.35. The van der Waals surface area contributed by atoms with Crippen LogP contribution in [-0.2, 0) is 11.2 Å². The van der Waals surface area contributed by atoms with Crippen LogP contribution in [0.1, 0.15) is 25.0 Å². The van der Waals surface area contributed by atoms with Gasteiger partial charge in [-0.1, -0.05) is 11.6 Å². The number of carboxylic acid groups (broad SMARTS) is 1. The summed E-state index contributed by atoms with van der Waals surface area (Å²) in [4.78, 5) is 11.2. The van der Waals surface area contributed by atoms with Crippen LogP contribution in [0, 0.1) is 12.3 Å². The van der Waals surface area contributed by atoms with E-state index < -0.39 is 11.4 Å². The molecular formula is C14H17ClO4. The predicted octanol–water partition coefficient (Wildman–Crippen LogP) is 3.07. The van der Waals surface area contributed by atoms with Crippen LogP contribution in [0.15, 0.2) is 6.07 Å². The maximum Gasteiger partial charge on any atom is 0.309 e. The van der Waals surface area contributed by atoms with Gasteiger partial charge in [0.25, 0.3) is 0 Å². The summed E-state index contributed by atoms with van der Waals surface area (Å²) in [6.07, 6.45) is 0.351. The number of carbonyl (C=O) groups is 1. The lowest BCUT2D eigenvalue weighted by Gasteiger charge is -2.25. The molecular weight excluding hydrogens is 268 g/mol. The molecule has 19 heavy (non-hydrogen) atoms. The Morgan fingerprint density at radius 1 is 1.42 bits per heavy atom. The number of hydrogen-bond acceptors (Lipinski definition) is 3. The van der Waals surface area contributed by atoms with E-state index in [0.29, 0.717) is 36.2 Å². The molecule has 1 aromatic rings. The van der Waals surface area contributed by atoms with Gasteiger partial charge in [0.05, 0.1) is 5.41 Å². The van der Waals surface area contributed by atoms with Gasteiger partial charge in [-0.05, 0) is 38.3 Å². The molecule has 0 radical (unpaired) electrons. The van der Waals surface area contributed by atoms with Crippen molar-refractivity contribution >= 4 is 17.6 Å². The molecule has 0 amide bonds. The Balaban J connectivity index is 2.44. The van der Waals surface area contributed by atoms with Gasteiger partial charge in [-0.2, -0.15) is 0 Å². The molecule has 1 aliphatic rings. The highest BCUT2D eigenvalue weighted by molar-refractivity contribution is 6.31. The molecule has 1 N–H and O–H groups in total. The Morgan fingerprint density at radius 3 is 2.68 bits per heavy atom. The zero-order valence-corrected chi connectivity index (χ0v) is 12.0. The van der Waals surface area contributed by atoms with E-state index in [0.717, 1.165) is 11.1 Å². The first kappa shape index (κ1) is 14.0. The molecule has 0 aromatic heterocycles. The molecule has 1 aliphatic heterocycles. The van der Waals surface area contributed by atoms with Crippen LogP contribution in [0.4, 0.5) is 0 Å². The second-order valence-corrected chi connectivity index (χ2v) is 5.76. The minimum atomic E-state index is -0.877. The summed E-state index contributed by atoms with van der Waals surface area (Å²) in [6, 6.07) is 1.70. The maximum atomic E-state index is 11.2. The molecule has 1 heterocycles. The molecule has 0 saturated carbocycles. The number of carboxylic acids is 1. The lowest BCUT2D eigenvalue weighted by molar-refractivity contribution is -0.146. The molecule has 0 bridgehead atoms. The third kappa shape index (κ3) is 2.63. The summed E-state index contributed by atoms with van der Waals surface area (Å²) in [6.45, 7) is 6.25. The molecule has 0 unspecified atom stereocenters. The second kappa shape index (κ2) is 4.93. The van der Waals surface area contributed by atoms with Crippen LogP contribution >= 0.6 is 11.6 Å². The molecule has 0 spiro atoms. The Bertz CT molecular complexity index is 523. The highest BCUT2D eigenvalue weighted by atomic mass is 35.5. The molecule has 0 fully saturated rings. The van der Waals surface area contributed by atoms with Gasteiger partial charge in [-0.3, -0.25) is 4.79 Å². The van der Waals surface area contributed by atoms with Gasteiger partial charge >= 0.3 is 5.97 Å². The van der Waals surface area contributed by atoms with E-state index in [1.54, 1.807) is 19.9 Å². The van der Waals surface area contributed by atoms with E-state index in [1.165, 1.54) is 0 Å². The van der Waals surface area contributed by atoms with Crippen LogP contribution in [0.3, 0.4) is 0 Å². The second-order valence-electron chi connectivity index (χ2n) is 5.35. The average Bonchev–Trinajstić information content (AvgIpc) is 2.34. The average molecular weight is 285 g/mol. The number of halogens is 1. The van der Waals surface area contributed by atoms with Crippen molar-refractivity contribution in [3.63, 3.8) is 0 Å². The number of hydrogen-bond donors (Lipinski definition) is 1. The lowest BCUT2D eigenvalue weighted by atomic mass is 9.84. The standard InChI is InChI=1S/C14H17ClO4/c1-8-9(7-14(2,3)13(16)17)10(15)6-11-12(8)19-5-4-18-11/h6H,4-5,7H2,1-3H3,(H,16,17).